The fourth-order valence-corrected chi connectivity index (χ4v) is 6.25. The molecule has 5 N–H and O–H groups in total. The number of rotatable bonds is 21. The molecular formula is C35H52FN4O15P. The van der Waals surface area contributed by atoms with Gasteiger partial charge < -0.3 is 34.9 Å². The SMILES string of the molecule is CC(C)C(=O)OCOP(=O)(OCOC(=O)C(C)C)OC[C@@]1(CF)O[C@@H](N2C=CC(N)N(COC(=O)C(NCC(=O)c3ccccc3)C(C)C)C2=O)[C@](C)(O)[C@@H]1O. The highest BCUT2D eigenvalue weighted by molar-refractivity contribution is 7.48. The Balaban J connectivity index is 1.74. The molecule has 2 aliphatic heterocycles. The molecular weight excluding hydrogens is 766 g/mol. The van der Waals surface area contributed by atoms with E-state index in [0.29, 0.717) is 5.56 Å². The molecule has 1 aromatic rings. The largest absolute Gasteiger partial charge is 0.480 e. The molecule has 0 radical (unpaired) electrons. The lowest BCUT2D eigenvalue weighted by Crippen LogP contribution is -2.61. The van der Waals surface area contributed by atoms with Gasteiger partial charge in [-0.15, -0.1) is 0 Å². The van der Waals surface area contributed by atoms with Gasteiger partial charge in [0.2, 0.25) is 13.6 Å². The molecule has 0 aromatic heterocycles. The van der Waals surface area contributed by atoms with Gasteiger partial charge in [-0.3, -0.25) is 38.8 Å². The number of nitrogens with two attached hydrogens (primary N) is 1. The third-order valence-corrected chi connectivity index (χ3v) is 10.0. The van der Waals surface area contributed by atoms with Crippen LogP contribution in [0.2, 0.25) is 0 Å². The van der Waals surface area contributed by atoms with E-state index in [1.54, 1.807) is 44.2 Å². The molecule has 1 aromatic carbocycles. The van der Waals surface area contributed by atoms with Gasteiger partial charge in [-0.05, 0) is 18.9 Å². The number of halogens is 1. The molecule has 0 aliphatic carbocycles. The highest BCUT2D eigenvalue weighted by Gasteiger charge is 2.64. The molecule has 2 amide bonds. The van der Waals surface area contributed by atoms with Gasteiger partial charge in [0.1, 0.15) is 30.6 Å². The van der Waals surface area contributed by atoms with E-state index >= 15 is 0 Å². The van der Waals surface area contributed by atoms with Crippen molar-refractivity contribution in [3.8, 4) is 0 Å². The van der Waals surface area contributed by atoms with Gasteiger partial charge >= 0.3 is 31.8 Å². The second-order valence-electron chi connectivity index (χ2n) is 14.2. The van der Waals surface area contributed by atoms with Crippen molar-refractivity contribution >= 4 is 37.5 Å². The van der Waals surface area contributed by atoms with E-state index in [-0.39, 0.29) is 18.2 Å². The Labute approximate surface area is 324 Å². The Hall–Kier alpha value is -3.85. The van der Waals surface area contributed by atoms with Crippen LogP contribution >= 0.6 is 7.82 Å². The van der Waals surface area contributed by atoms with Gasteiger partial charge in [-0.25, -0.2) is 22.8 Å². The average Bonchev–Trinajstić information content (AvgIpc) is 3.34. The highest BCUT2D eigenvalue weighted by atomic mass is 31.2. The number of Topliss-reactive ketones (excluding diaryl/α,β-unsaturated/α-hetero) is 1. The molecule has 314 valence electrons. The highest BCUT2D eigenvalue weighted by Crippen LogP contribution is 2.52. The second kappa shape index (κ2) is 20.0. The number of hydrogen-bond donors (Lipinski definition) is 4. The summed E-state index contributed by atoms with van der Waals surface area (Å²) in [6.07, 6.45) is -2.78. The molecule has 0 saturated carbocycles. The van der Waals surface area contributed by atoms with Crippen LogP contribution in [0.3, 0.4) is 0 Å². The third kappa shape index (κ3) is 11.6. The Morgan fingerprint density at radius 3 is 2.05 bits per heavy atom. The monoisotopic (exact) mass is 818 g/mol. The summed E-state index contributed by atoms with van der Waals surface area (Å²) in [5, 5.41) is 25.6. The first-order chi connectivity index (χ1) is 26.2. The minimum absolute atomic E-state index is 0.179. The van der Waals surface area contributed by atoms with E-state index < -0.39 is 113 Å². The molecule has 6 atom stereocenters. The predicted molar refractivity (Wildman–Crippen MR) is 192 cm³/mol. The Bertz CT molecular complexity index is 1580. The van der Waals surface area contributed by atoms with Gasteiger partial charge in [0, 0.05) is 11.8 Å². The van der Waals surface area contributed by atoms with Crippen molar-refractivity contribution in [2.24, 2.45) is 23.5 Å². The van der Waals surface area contributed by atoms with Crippen LogP contribution in [0.15, 0.2) is 42.6 Å². The minimum Gasteiger partial charge on any atom is -0.443 e. The van der Waals surface area contributed by atoms with E-state index in [2.05, 4.69) is 5.32 Å². The molecule has 1 saturated heterocycles. The standard InChI is InChI=1S/C35H52FN4O15P/c1-21(2)27(38-15-25(41)24-11-9-8-10-12-24)30(44)49-18-40-26(37)13-14-39(33(40)46)32-34(7,47)31(45)35(16-36,55-32)17-52-56(48,53-19-50-28(42)22(3)4)54-20-51-29(43)23(5)6/h8-14,21-23,26-27,31-32,38,45,47H,15-20,37H2,1-7H3/t26?,27?,31-,32+,34+,35+/m0/s1. The maximum Gasteiger partial charge on any atom is 0.480 e. The summed E-state index contributed by atoms with van der Waals surface area (Å²) in [5.41, 5.74) is 1.59. The number of ketones is 1. The van der Waals surface area contributed by atoms with Crippen LogP contribution in [0.25, 0.3) is 0 Å². The molecule has 2 heterocycles. The van der Waals surface area contributed by atoms with E-state index in [1.165, 1.54) is 33.8 Å². The fraction of sp³-hybridized carbons (Fsp3) is 0.629. The maximum atomic E-state index is 14.9. The van der Waals surface area contributed by atoms with E-state index in [0.717, 1.165) is 22.9 Å². The summed E-state index contributed by atoms with van der Waals surface area (Å²) in [6, 6.07) is 6.49. The number of carbonyl (C=O) groups is 5. The van der Waals surface area contributed by atoms with Crippen molar-refractivity contribution in [3.05, 3.63) is 48.2 Å². The summed E-state index contributed by atoms with van der Waals surface area (Å²) < 4.78 is 64.7. The van der Waals surface area contributed by atoms with Crippen LogP contribution in [0, 0.1) is 17.8 Å². The molecule has 21 heteroatoms. The summed E-state index contributed by atoms with van der Waals surface area (Å²) in [6.45, 7) is 5.02. The van der Waals surface area contributed by atoms with Crippen LogP contribution in [0.5, 0.6) is 0 Å². The zero-order valence-electron chi connectivity index (χ0n) is 32.3. The van der Waals surface area contributed by atoms with Crippen LogP contribution < -0.4 is 11.1 Å². The lowest BCUT2D eigenvalue weighted by atomic mass is 9.88. The summed E-state index contributed by atoms with van der Waals surface area (Å²) >= 11 is 0. The number of urea groups is 1. The van der Waals surface area contributed by atoms with Crippen molar-refractivity contribution in [2.75, 3.05) is 40.1 Å². The predicted octanol–water partition coefficient (Wildman–Crippen LogP) is 2.17. The average molecular weight is 819 g/mol. The summed E-state index contributed by atoms with van der Waals surface area (Å²) in [7, 11) is -4.90. The van der Waals surface area contributed by atoms with E-state index in [4.69, 9.17) is 38.3 Å². The Morgan fingerprint density at radius 1 is 0.964 bits per heavy atom. The Kier molecular flexibility index (Phi) is 16.6. The number of hydrogen-bond acceptors (Lipinski definition) is 17. The van der Waals surface area contributed by atoms with E-state index in [9.17, 15) is 43.1 Å². The molecule has 19 nitrogen and oxygen atoms in total. The number of phosphoric acid groups is 1. The van der Waals surface area contributed by atoms with Gasteiger partial charge in [0.15, 0.2) is 24.3 Å². The van der Waals surface area contributed by atoms with Crippen molar-refractivity contribution in [2.45, 2.75) is 84.2 Å². The van der Waals surface area contributed by atoms with Gasteiger partial charge in [-0.1, -0.05) is 71.9 Å². The Morgan fingerprint density at radius 2 is 1.54 bits per heavy atom. The normalized spacial score (nSPS) is 24.5. The first-order valence-electron chi connectivity index (χ1n) is 17.7. The fourth-order valence-electron chi connectivity index (χ4n) is 5.29. The van der Waals surface area contributed by atoms with Crippen molar-refractivity contribution in [1.82, 2.24) is 15.1 Å². The molecule has 3 rings (SSSR count). The van der Waals surface area contributed by atoms with Crippen molar-refractivity contribution in [1.29, 1.82) is 0 Å². The number of esters is 3. The number of nitrogens with one attached hydrogen (secondary N) is 1. The number of phosphoric ester groups is 1. The molecule has 0 bridgehead atoms. The third-order valence-electron chi connectivity index (χ3n) is 8.73. The minimum atomic E-state index is -4.90. The summed E-state index contributed by atoms with van der Waals surface area (Å²) in [4.78, 5) is 65.0. The van der Waals surface area contributed by atoms with Crippen molar-refractivity contribution in [3.63, 3.8) is 0 Å². The topological polar surface area (TPSA) is 252 Å². The summed E-state index contributed by atoms with van der Waals surface area (Å²) in [5.74, 6) is -4.09. The number of amides is 2. The molecule has 2 aliphatic rings. The number of benzene rings is 1. The van der Waals surface area contributed by atoms with Crippen molar-refractivity contribution < 1.29 is 75.7 Å². The number of ether oxygens (including phenoxy) is 4. The number of aliphatic hydroxyl groups excluding tert-OH is 1. The number of aliphatic hydroxyl groups is 2. The first kappa shape index (κ1) is 46.5. The number of nitrogens with zero attached hydrogens (tertiary/aromatic N) is 2. The molecule has 0 spiro atoms. The lowest BCUT2D eigenvalue weighted by molar-refractivity contribution is -0.162. The van der Waals surface area contributed by atoms with Gasteiger partial charge in [0.05, 0.1) is 25.0 Å². The smallest absolute Gasteiger partial charge is 0.443 e. The number of alkyl halides is 1. The van der Waals surface area contributed by atoms with Gasteiger partial charge in [-0.2, -0.15) is 0 Å². The molecule has 2 unspecified atom stereocenters. The van der Waals surface area contributed by atoms with Crippen LogP contribution in [0.4, 0.5) is 9.18 Å². The van der Waals surface area contributed by atoms with Crippen LogP contribution in [-0.2, 0) is 51.5 Å². The molecule has 56 heavy (non-hydrogen) atoms. The zero-order chi connectivity index (χ0) is 42.0. The molecule has 1 fully saturated rings. The lowest BCUT2D eigenvalue weighted by Gasteiger charge is -2.40. The zero-order valence-corrected chi connectivity index (χ0v) is 33.2. The maximum absolute atomic E-state index is 14.9. The quantitative estimate of drug-likeness (QED) is 0.0456. The van der Waals surface area contributed by atoms with E-state index in [1.807, 2.05) is 0 Å². The number of carbonyl (C=O) groups excluding carboxylic acids is 5. The second-order valence-corrected chi connectivity index (χ2v) is 15.9. The first-order valence-corrected chi connectivity index (χ1v) is 19.2. The van der Waals surface area contributed by atoms with Gasteiger partial charge in [0.25, 0.3) is 0 Å². The van der Waals surface area contributed by atoms with Crippen LogP contribution in [0.1, 0.15) is 58.8 Å². The van der Waals surface area contributed by atoms with Crippen LogP contribution in [-0.4, -0.2) is 126 Å².